The van der Waals surface area contributed by atoms with Gasteiger partial charge in [-0.2, -0.15) is 0 Å². The molecule has 0 heterocycles. The fourth-order valence-corrected chi connectivity index (χ4v) is 2.13. The molecule has 8 nitrogen and oxygen atoms in total. The van der Waals surface area contributed by atoms with E-state index in [1.54, 1.807) is 45.0 Å². The van der Waals surface area contributed by atoms with Crippen LogP contribution in [0.3, 0.4) is 0 Å². The maximum Gasteiger partial charge on any atom is 0.407 e. The van der Waals surface area contributed by atoms with Gasteiger partial charge in [-0.1, -0.05) is 12.1 Å². The van der Waals surface area contributed by atoms with Crippen molar-refractivity contribution in [1.82, 2.24) is 10.6 Å². The zero-order chi connectivity index (χ0) is 20.8. The summed E-state index contributed by atoms with van der Waals surface area (Å²) in [6.07, 6.45) is 0.546. The highest BCUT2D eigenvalue weighted by atomic mass is 16.6. The third kappa shape index (κ3) is 12.9. The first-order chi connectivity index (χ1) is 13.3. The van der Waals surface area contributed by atoms with Gasteiger partial charge in [0.15, 0.2) is 0 Å². The summed E-state index contributed by atoms with van der Waals surface area (Å²) in [7, 11) is 0. The Hall–Kier alpha value is -2.32. The molecule has 0 aromatic heterocycles. The van der Waals surface area contributed by atoms with Gasteiger partial charge in [0.25, 0.3) is 0 Å². The Kier molecular flexibility index (Phi) is 11.0. The molecule has 1 aromatic rings. The van der Waals surface area contributed by atoms with E-state index in [0.29, 0.717) is 52.4 Å². The number of phenolic OH excluding ortho intramolecular Hbond substituents is 1. The average molecular weight is 396 g/mol. The van der Waals surface area contributed by atoms with Crippen LogP contribution < -0.4 is 10.6 Å². The molecule has 28 heavy (non-hydrogen) atoms. The number of carbonyl (C=O) groups excluding carboxylic acids is 2. The van der Waals surface area contributed by atoms with Crippen molar-refractivity contribution in [3.8, 4) is 5.75 Å². The quantitative estimate of drug-likeness (QED) is 0.467. The SMILES string of the molecule is CC(C)(C)OC(=O)NCCOCCOCCNC(=O)CCc1ccc(O)cc1. The van der Waals surface area contributed by atoms with Crippen molar-refractivity contribution < 1.29 is 28.9 Å². The predicted octanol–water partition coefficient (Wildman–Crippen LogP) is 2.00. The lowest BCUT2D eigenvalue weighted by atomic mass is 10.1. The molecular formula is C20H32N2O6. The Bertz CT molecular complexity index is 583. The molecule has 1 aromatic carbocycles. The molecule has 158 valence electrons. The van der Waals surface area contributed by atoms with Gasteiger partial charge in [0.1, 0.15) is 11.4 Å². The van der Waals surface area contributed by atoms with Crippen LogP contribution in [0.5, 0.6) is 5.75 Å². The van der Waals surface area contributed by atoms with Gasteiger partial charge in [-0.15, -0.1) is 0 Å². The highest BCUT2D eigenvalue weighted by Gasteiger charge is 2.15. The summed E-state index contributed by atoms with van der Waals surface area (Å²) in [6, 6.07) is 6.82. The number of carbonyl (C=O) groups is 2. The Morgan fingerprint density at radius 1 is 0.929 bits per heavy atom. The molecule has 8 heteroatoms. The second-order valence-corrected chi connectivity index (χ2v) is 7.17. The monoisotopic (exact) mass is 396 g/mol. The number of aryl methyl sites for hydroxylation is 1. The first-order valence-electron chi connectivity index (χ1n) is 9.43. The van der Waals surface area contributed by atoms with Crippen LogP contribution in [0.1, 0.15) is 32.8 Å². The van der Waals surface area contributed by atoms with Crippen LogP contribution in [0.4, 0.5) is 4.79 Å². The molecule has 0 bridgehead atoms. The van der Waals surface area contributed by atoms with Gasteiger partial charge in [0, 0.05) is 19.5 Å². The minimum absolute atomic E-state index is 0.0406. The number of rotatable bonds is 12. The van der Waals surface area contributed by atoms with Gasteiger partial charge in [-0.25, -0.2) is 4.79 Å². The van der Waals surface area contributed by atoms with Crippen molar-refractivity contribution in [2.75, 3.05) is 39.5 Å². The lowest BCUT2D eigenvalue weighted by Gasteiger charge is -2.19. The number of nitrogens with one attached hydrogen (secondary N) is 2. The van der Waals surface area contributed by atoms with Crippen LogP contribution in [0, 0.1) is 0 Å². The van der Waals surface area contributed by atoms with Crippen molar-refractivity contribution >= 4 is 12.0 Å². The first-order valence-corrected chi connectivity index (χ1v) is 9.43. The fraction of sp³-hybridized carbons (Fsp3) is 0.600. The van der Waals surface area contributed by atoms with Crippen LogP contribution in [0.25, 0.3) is 0 Å². The average Bonchev–Trinajstić information content (AvgIpc) is 2.61. The molecule has 0 aliphatic carbocycles. The van der Waals surface area contributed by atoms with E-state index in [1.807, 2.05) is 0 Å². The van der Waals surface area contributed by atoms with Gasteiger partial charge in [-0.05, 0) is 44.9 Å². The molecule has 0 atom stereocenters. The summed E-state index contributed by atoms with van der Waals surface area (Å²) in [5, 5.41) is 14.6. The third-order valence-electron chi connectivity index (χ3n) is 3.43. The summed E-state index contributed by atoms with van der Waals surface area (Å²) in [5.74, 6) is 0.176. The van der Waals surface area contributed by atoms with E-state index in [-0.39, 0.29) is 11.7 Å². The molecule has 3 N–H and O–H groups in total. The van der Waals surface area contributed by atoms with Crippen molar-refractivity contribution in [3.05, 3.63) is 29.8 Å². The highest BCUT2D eigenvalue weighted by molar-refractivity contribution is 5.76. The minimum Gasteiger partial charge on any atom is -0.508 e. The maximum atomic E-state index is 11.7. The molecule has 0 spiro atoms. The Morgan fingerprint density at radius 3 is 2.07 bits per heavy atom. The summed E-state index contributed by atoms with van der Waals surface area (Å²) in [6.45, 7) is 7.82. The Labute approximate surface area is 166 Å². The number of ether oxygens (including phenoxy) is 3. The molecule has 0 aliphatic heterocycles. The van der Waals surface area contributed by atoms with E-state index in [9.17, 15) is 14.7 Å². The Morgan fingerprint density at radius 2 is 1.50 bits per heavy atom. The largest absolute Gasteiger partial charge is 0.508 e. The second-order valence-electron chi connectivity index (χ2n) is 7.17. The molecular weight excluding hydrogens is 364 g/mol. The number of alkyl carbamates (subject to hydrolysis) is 1. The number of hydrogen-bond donors (Lipinski definition) is 3. The number of hydrogen-bond acceptors (Lipinski definition) is 6. The van der Waals surface area contributed by atoms with E-state index < -0.39 is 11.7 Å². The topological polar surface area (TPSA) is 106 Å². The number of amides is 2. The molecule has 0 unspecified atom stereocenters. The standard InChI is InChI=1S/C20H32N2O6/c1-20(2,3)28-19(25)22-11-13-27-15-14-26-12-10-21-18(24)9-6-16-4-7-17(23)8-5-16/h4-5,7-8,23H,6,9-15H2,1-3H3,(H,21,24)(H,22,25). The molecule has 0 aliphatic rings. The molecule has 0 fully saturated rings. The minimum atomic E-state index is -0.514. The molecule has 0 saturated carbocycles. The molecule has 0 saturated heterocycles. The predicted molar refractivity (Wildman–Crippen MR) is 105 cm³/mol. The van der Waals surface area contributed by atoms with Crippen molar-refractivity contribution in [2.24, 2.45) is 0 Å². The van der Waals surface area contributed by atoms with Gasteiger partial charge < -0.3 is 30.0 Å². The number of phenols is 1. The van der Waals surface area contributed by atoms with Gasteiger partial charge >= 0.3 is 6.09 Å². The van der Waals surface area contributed by atoms with Crippen molar-refractivity contribution in [2.45, 2.75) is 39.2 Å². The van der Waals surface area contributed by atoms with Crippen molar-refractivity contribution in [3.63, 3.8) is 0 Å². The lowest BCUT2D eigenvalue weighted by molar-refractivity contribution is -0.121. The second kappa shape index (κ2) is 13.0. The summed E-state index contributed by atoms with van der Waals surface area (Å²) in [4.78, 5) is 23.2. The maximum absolute atomic E-state index is 11.7. The third-order valence-corrected chi connectivity index (χ3v) is 3.43. The van der Waals surface area contributed by atoms with Crippen LogP contribution in [0.15, 0.2) is 24.3 Å². The highest BCUT2D eigenvalue weighted by Crippen LogP contribution is 2.11. The van der Waals surface area contributed by atoms with Crippen LogP contribution >= 0.6 is 0 Å². The molecule has 1 rings (SSSR count). The molecule has 2 amide bonds. The fourth-order valence-electron chi connectivity index (χ4n) is 2.13. The zero-order valence-corrected chi connectivity index (χ0v) is 17.0. The number of benzene rings is 1. The summed E-state index contributed by atoms with van der Waals surface area (Å²) < 4.78 is 15.8. The normalized spacial score (nSPS) is 11.1. The van der Waals surface area contributed by atoms with E-state index in [1.165, 1.54) is 0 Å². The van der Waals surface area contributed by atoms with Gasteiger partial charge in [0.05, 0.1) is 26.4 Å². The lowest BCUT2D eigenvalue weighted by Crippen LogP contribution is -2.34. The molecule has 0 radical (unpaired) electrons. The van der Waals surface area contributed by atoms with Crippen LogP contribution in [-0.2, 0) is 25.4 Å². The van der Waals surface area contributed by atoms with Gasteiger partial charge in [0.2, 0.25) is 5.91 Å². The van der Waals surface area contributed by atoms with Gasteiger partial charge in [-0.3, -0.25) is 4.79 Å². The van der Waals surface area contributed by atoms with E-state index in [4.69, 9.17) is 14.2 Å². The first kappa shape index (κ1) is 23.7. The van der Waals surface area contributed by atoms with Crippen molar-refractivity contribution in [1.29, 1.82) is 0 Å². The zero-order valence-electron chi connectivity index (χ0n) is 17.0. The van der Waals surface area contributed by atoms with Crippen LogP contribution in [0.2, 0.25) is 0 Å². The van der Waals surface area contributed by atoms with E-state index >= 15 is 0 Å². The summed E-state index contributed by atoms with van der Waals surface area (Å²) in [5.41, 5.74) is 0.488. The van der Waals surface area contributed by atoms with E-state index in [2.05, 4.69) is 10.6 Å². The van der Waals surface area contributed by atoms with E-state index in [0.717, 1.165) is 5.56 Å². The number of aromatic hydroxyl groups is 1. The van der Waals surface area contributed by atoms with Crippen LogP contribution in [-0.4, -0.2) is 62.2 Å². The smallest absolute Gasteiger partial charge is 0.407 e. The Balaban J connectivity index is 1.90. The summed E-state index contributed by atoms with van der Waals surface area (Å²) >= 11 is 0.